The van der Waals surface area contributed by atoms with Crippen LogP contribution in [0.1, 0.15) is 40.0 Å². The first kappa shape index (κ1) is 14.5. The zero-order valence-electron chi connectivity index (χ0n) is 11.5. The van der Waals surface area contributed by atoms with Gasteiger partial charge in [-0.3, -0.25) is 9.69 Å². The van der Waals surface area contributed by atoms with Crippen molar-refractivity contribution in [3.8, 4) is 0 Å². The normalized spacial score (nSPS) is 22.6. The van der Waals surface area contributed by atoms with Gasteiger partial charge in [-0.05, 0) is 38.3 Å². The second kappa shape index (κ2) is 6.36. The van der Waals surface area contributed by atoms with Gasteiger partial charge in [-0.15, -0.1) is 0 Å². The molecule has 1 rings (SSSR count). The molecule has 0 saturated carbocycles. The summed E-state index contributed by atoms with van der Waals surface area (Å²) in [5.74, 6) is 0.165. The van der Waals surface area contributed by atoms with E-state index in [1.807, 2.05) is 6.92 Å². The van der Waals surface area contributed by atoms with Crippen molar-refractivity contribution in [1.82, 2.24) is 10.2 Å². The first-order valence-corrected chi connectivity index (χ1v) is 6.68. The Bertz CT molecular complexity index is 253. The van der Waals surface area contributed by atoms with E-state index >= 15 is 0 Å². The Labute approximate surface area is 105 Å². The van der Waals surface area contributed by atoms with E-state index in [-0.39, 0.29) is 17.4 Å². The minimum atomic E-state index is 0.0336. The standard InChI is InChI=1S/C13H27N3O/c1-11-12(17)15-7-9-16(11)8-5-4-6-13(2,3)10-14/h11H,4-10,14H2,1-3H3,(H,15,17). The van der Waals surface area contributed by atoms with Crippen molar-refractivity contribution in [1.29, 1.82) is 0 Å². The molecule has 4 heteroatoms. The molecule has 4 nitrogen and oxygen atoms in total. The Balaban J connectivity index is 2.20. The lowest BCUT2D eigenvalue weighted by atomic mass is 9.87. The molecule has 1 atom stereocenters. The number of piperazine rings is 1. The number of carbonyl (C=O) groups excluding carboxylic acids is 1. The summed E-state index contributed by atoms with van der Waals surface area (Å²) in [5, 5.41) is 2.89. The minimum Gasteiger partial charge on any atom is -0.353 e. The predicted molar refractivity (Wildman–Crippen MR) is 70.7 cm³/mol. The van der Waals surface area contributed by atoms with Gasteiger partial charge in [-0.25, -0.2) is 0 Å². The average Bonchev–Trinajstić information content (AvgIpc) is 2.30. The summed E-state index contributed by atoms with van der Waals surface area (Å²) >= 11 is 0. The topological polar surface area (TPSA) is 58.4 Å². The highest BCUT2D eigenvalue weighted by molar-refractivity contribution is 5.81. The van der Waals surface area contributed by atoms with Crippen LogP contribution in [0, 0.1) is 5.41 Å². The Morgan fingerprint density at radius 2 is 2.18 bits per heavy atom. The van der Waals surface area contributed by atoms with Crippen molar-refractivity contribution in [2.24, 2.45) is 11.1 Å². The second-order valence-electron chi connectivity index (χ2n) is 5.83. The SMILES string of the molecule is CC1C(=O)NCCN1CCCCC(C)(C)CN. The maximum Gasteiger partial charge on any atom is 0.237 e. The van der Waals surface area contributed by atoms with E-state index in [2.05, 4.69) is 24.1 Å². The highest BCUT2D eigenvalue weighted by Crippen LogP contribution is 2.21. The summed E-state index contributed by atoms with van der Waals surface area (Å²) in [6.45, 7) is 9.95. The smallest absolute Gasteiger partial charge is 0.237 e. The summed E-state index contributed by atoms with van der Waals surface area (Å²) in [4.78, 5) is 13.7. The van der Waals surface area contributed by atoms with E-state index in [9.17, 15) is 4.79 Å². The Kier molecular flexibility index (Phi) is 5.40. The second-order valence-corrected chi connectivity index (χ2v) is 5.83. The predicted octanol–water partition coefficient (Wildman–Crippen LogP) is 0.962. The van der Waals surface area contributed by atoms with Crippen LogP contribution < -0.4 is 11.1 Å². The van der Waals surface area contributed by atoms with Crippen LogP contribution in [0.5, 0.6) is 0 Å². The number of rotatable bonds is 6. The van der Waals surface area contributed by atoms with Gasteiger partial charge in [0.25, 0.3) is 0 Å². The van der Waals surface area contributed by atoms with E-state index in [0.717, 1.165) is 39.0 Å². The maximum absolute atomic E-state index is 11.5. The van der Waals surface area contributed by atoms with Crippen LogP contribution in [0.3, 0.4) is 0 Å². The van der Waals surface area contributed by atoms with Gasteiger partial charge < -0.3 is 11.1 Å². The fraction of sp³-hybridized carbons (Fsp3) is 0.923. The van der Waals surface area contributed by atoms with Crippen molar-refractivity contribution in [3.05, 3.63) is 0 Å². The van der Waals surface area contributed by atoms with Gasteiger partial charge in [0.1, 0.15) is 0 Å². The Hall–Kier alpha value is -0.610. The zero-order chi connectivity index (χ0) is 12.9. The molecule has 0 aromatic rings. The molecular weight excluding hydrogens is 214 g/mol. The molecule has 0 spiro atoms. The molecule has 1 unspecified atom stereocenters. The number of hydrogen-bond acceptors (Lipinski definition) is 3. The molecule has 0 radical (unpaired) electrons. The molecule has 17 heavy (non-hydrogen) atoms. The molecule has 1 aliphatic heterocycles. The van der Waals surface area contributed by atoms with Crippen molar-refractivity contribution in [2.75, 3.05) is 26.2 Å². The highest BCUT2D eigenvalue weighted by Gasteiger charge is 2.24. The lowest BCUT2D eigenvalue weighted by Crippen LogP contribution is -2.53. The molecule has 1 aliphatic rings. The van der Waals surface area contributed by atoms with Crippen LogP contribution in [0.15, 0.2) is 0 Å². The molecule has 3 N–H and O–H groups in total. The van der Waals surface area contributed by atoms with Crippen LogP contribution >= 0.6 is 0 Å². The van der Waals surface area contributed by atoms with Gasteiger partial charge in [0.15, 0.2) is 0 Å². The first-order chi connectivity index (χ1) is 7.96. The highest BCUT2D eigenvalue weighted by atomic mass is 16.2. The quantitative estimate of drug-likeness (QED) is 0.681. The Morgan fingerprint density at radius 1 is 1.47 bits per heavy atom. The fourth-order valence-corrected chi connectivity index (χ4v) is 2.16. The van der Waals surface area contributed by atoms with Crippen LogP contribution in [-0.4, -0.2) is 43.0 Å². The van der Waals surface area contributed by atoms with Gasteiger partial charge in [0.05, 0.1) is 6.04 Å². The summed E-state index contributed by atoms with van der Waals surface area (Å²) in [6.07, 6.45) is 3.51. The lowest BCUT2D eigenvalue weighted by molar-refractivity contribution is -0.128. The summed E-state index contributed by atoms with van der Waals surface area (Å²) in [5.41, 5.74) is 5.96. The van der Waals surface area contributed by atoms with E-state index in [4.69, 9.17) is 5.73 Å². The third-order valence-electron chi connectivity index (χ3n) is 3.73. The van der Waals surface area contributed by atoms with Gasteiger partial charge in [0.2, 0.25) is 5.91 Å². The van der Waals surface area contributed by atoms with E-state index in [1.165, 1.54) is 6.42 Å². The first-order valence-electron chi connectivity index (χ1n) is 6.68. The monoisotopic (exact) mass is 241 g/mol. The van der Waals surface area contributed by atoms with Crippen molar-refractivity contribution >= 4 is 5.91 Å². The molecule has 0 aromatic carbocycles. The van der Waals surface area contributed by atoms with Gasteiger partial charge in [-0.2, -0.15) is 0 Å². The number of nitrogens with one attached hydrogen (secondary N) is 1. The number of nitrogens with zero attached hydrogens (tertiary/aromatic N) is 1. The van der Waals surface area contributed by atoms with Gasteiger partial charge in [0, 0.05) is 13.1 Å². The van der Waals surface area contributed by atoms with Crippen LogP contribution in [0.4, 0.5) is 0 Å². The van der Waals surface area contributed by atoms with Crippen LogP contribution in [-0.2, 0) is 4.79 Å². The number of hydrogen-bond donors (Lipinski definition) is 2. The number of nitrogens with two attached hydrogens (primary N) is 1. The number of carbonyl (C=O) groups is 1. The third-order valence-corrected chi connectivity index (χ3v) is 3.73. The maximum atomic E-state index is 11.5. The molecule has 1 saturated heterocycles. The average molecular weight is 241 g/mol. The third kappa shape index (κ3) is 4.64. The van der Waals surface area contributed by atoms with E-state index in [0.29, 0.717) is 0 Å². The van der Waals surface area contributed by atoms with Gasteiger partial charge >= 0.3 is 0 Å². The number of unbranched alkanes of at least 4 members (excludes halogenated alkanes) is 1. The minimum absolute atomic E-state index is 0.0336. The summed E-state index contributed by atoms with van der Waals surface area (Å²) in [7, 11) is 0. The van der Waals surface area contributed by atoms with Gasteiger partial charge in [-0.1, -0.05) is 20.3 Å². The molecule has 1 fully saturated rings. The summed E-state index contributed by atoms with van der Waals surface area (Å²) in [6, 6.07) is 0.0336. The van der Waals surface area contributed by atoms with E-state index in [1.54, 1.807) is 0 Å². The van der Waals surface area contributed by atoms with Crippen molar-refractivity contribution in [3.63, 3.8) is 0 Å². The fourth-order valence-electron chi connectivity index (χ4n) is 2.16. The van der Waals surface area contributed by atoms with Crippen LogP contribution in [0.2, 0.25) is 0 Å². The Morgan fingerprint density at radius 3 is 2.82 bits per heavy atom. The lowest BCUT2D eigenvalue weighted by Gasteiger charge is -2.33. The molecule has 1 heterocycles. The van der Waals surface area contributed by atoms with E-state index < -0.39 is 0 Å². The largest absolute Gasteiger partial charge is 0.353 e. The summed E-state index contributed by atoms with van der Waals surface area (Å²) < 4.78 is 0. The molecule has 0 bridgehead atoms. The molecule has 1 amide bonds. The molecule has 0 aromatic heterocycles. The van der Waals surface area contributed by atoms with Crippen molar-refractivity contribution in [2.45, 2.75) is 46.1 Å². The molecule has 0 aliphatic carbocycles. The molecule has 100 valence electrons. The van der Waals surface area contributed by atoms with Crippen molar-refractivity contribution < 1.29 is 4.79 Å². The zero-order valence-corrected chi connectivity index (χ0v) is 11.5. The number of amides is 1. The molecular formula is C13H27N3O. The van der Waals surface area contributed by atoms with Crippen LogP contribution in [0.25, 0.3) is 0 Å².